The molecule has 0 saturated heterocycles. The van der Waals surface area contributed by atoms with Gasteiger partial charge in [-0.15, -0.1) is 0 Å². The van der Waals surface area contributed by atoms with Gasteiger partial charge in [-0.3, -0.25) is 4.79 Å². The Morgan fingerprint density at radius 2 is 2.06 bits per heavy atom. The highest BCUT2D eigenvalue weighted by molar-refractivity contribution is 5.78. The van der Waals surface area contributed by atoms with Gasteiger partial charge in [0, 0.05) is 12.1 Å². The van der Waals surface area contributed by atoms with E-state index in [0.29, 0.717) is 6.42 Å². The van der Waals surface area contributed by atoms with Crippen LogP contribution in [0.3, 0.4) is 0 Å². The van der Waals surface area contributed by atoms with Crippen LogP contribution in [0.5, 0.6) is 0 Å². The minimum Gasteiger partial charge on any atom is -0.393 e. The number of amides is 1. The molecular weight excluding hydrogens is 240 g/mol. The number of aliphatic hydroxyl groups excluding tert-OH is 1. The maximum Gasteiger partial charge on any atom is 0.224 e. The fraction of sp³-hybridized carbons (Fsp3) is 0.462. The van der Waals surface area contributed by atoms with Crippen molar-refractivity contribution in [2.45, 2.75) is 38.8 Å². The van der Waals surface area contributed by atoms with Crippen LogP contribution in [0.2, 0.25) is 0 Å². The molecule has 1 aromatic carbocycles. The number of aliphatic hydroxyl groups is 1. The van der Waals surface area contributed by atoms with E-state index in [1.54, 1.807) is 13.8 Å². The van der Waals surface area contributed by atoms with E-state index in [4.69, 9.17) is 5.11 Å². The Morgan fingerprint density at radius 3 is 2.61 bits per heavy atom. The lowest BCUT2D eigenvalue weighted by Crippen LogP contribution is -2.35. The summed E-state index contributed by atoms with van der Waals surface area (Å²) in [5, 5.41) is 11.8. The third-order valence-corrected chi connectivity index (χ3v) is 2.47. The number of rotatable bonds is 5. The molecule has 1 aromatic rings. The van der Waals surface area contributed by atoms with Crippen LogP contribution in [0.15, 0.2) is 18.2 Å². The summed E-state index contributed by atoms with van der Waals surface area (Å²) in [5.41, 5.74) is 0.151. The van der Waals surface area contributed by atoms with E-state index in [-0.39, 0.29) is 23.9 Å². The summed E-state index contributed by atoms with van der Waals surface area (Å²) in [5.74, 6) is -1.75. The Labute approximate surface area is 105 Å². The number of hydrogen-bond acceptors (Lipinski definition) is 2. The minimum absolute atomic E-state index is 0.143. The van der Waals surface area contributed by atoms with Crippen molar-refractivity contribution >= 4 is 5.91 Å². The zero-order valence-corrected chi connectivity index (χ0v) is 10.4. The van der Waals surface area contributed by atoms with Crippen molar-refractivity contribution in [2.75, 3.05) is 0 Å². The van der Waals surface area contributed by atoms with Gasteiger partial charge in [-0.1, -0.05) is 6.07 Å². The van der Waals surface area contributed by atoms with E-state index in [0.717, 1.165) is 12.1 Å². The molecule has 0 spiro atoms. The van der Waals surface area contributed by atoms with Gasteiger partial charge in [0.05, 0.1) is 12.5 Å². The molecule has 2 N–H and O–H groups in total. The summed E-state index contributed by atoms with van der Waals surface area (Å²) in [4.78, 5) is 11.6. The second-order valence-corrected chi connectivity index (χ2v) is 4.47. The van der Waals surface area contributed by atoms with Crippen molar-refractivity contribution < 1.29 is 18.7 Å². The summed E-state index contributed by atoms with van der Waals surface area (Å²) >= 11 is 0. The van der Waals surface area contributed by atoms with Gasteiger partial charge in [-0.05, 0) is 31.9 Å². The van der Waals surface area contributed by atoms with E-state index in [9.17, 15) is 13.6 Å². The highest BCUT2D eigenvalue weighted by Crippen LogP contribution is 2.10. The Hall–Kier alpha value is -1.49. The molecule has 1 amide bonds. The molecule has 100 valence electrons. The van der Waals surface area contributed by atoms with Crippen LogP contribution in [0.25, 0.3) is 0 Å². The van der Waals surface area contributed by atoms with Gasteiger partial charge in [0.15, 0.2) is 0 Å². The smallest absolute Gasteiger partial charge is 0.224 e. The quantitative estimate of drug-likeness (QED) is 0.844. The molecule has 2 atom stereocenters. The number of hydrogen-bond donors (Lipinski definition) is 2. The van der Waals surface area contributed by atoms with Crippen LogP contribution < -0.4 is 5.32 Å². The van der Waals surface area contributed by atoms with Crippen LogP contribution in [0.4, 0.5) is 8.78 Å². The van der Waals surface area contributed by atoms with Crippen LogP contribution in [0.1, 0.15) is 25.8 Å². The summed E-state index contributed by atoms with van der Waals surface area (Å²) in [6.07, 6.45) is -0.226. The molecule has 0 aromatic heterocycles. The van der Waals surface area contributed by atoms with Crippen molar-refractivity contribution in [1.82, 2.24) is 5.32 Å². The van der Waals surface area contributed by atoms with Crippen molar-refractivity contribution in [2.24, 2.45) is 0 Å². The van der Waals surface area contributed by atoms with Crippen molar-refractivity contribution in [1.29, 1.82) is 0 Å². The topological polar surface area (TPSA) is 49.3 Å². The van der Waals surface area contributed by atoms with Crippen molar-refractivity contribution in [3.8, 4) is 0 Å². The molecule has 5 heteroatoms. The second-order valence-electron chi connectivity index (χ2n) is 4.47. The van der Waals surface area contributed by atoms with Crippen LogP contribution in [0, 0.1) is 11.6 Å². The van der Waals surface area contributed by atoms with E-state index in [1.807, 2.05) is 0 Å². The number of benzene rings is 1. The Kier molecular flexibility index (Phi) is 5.22. The Balaban J connectivity index is 2.54. The molecule has 0 heterocycles. The standard InChI is InChI=1S/C13H17F2NO2/c1-8(5-9(2)17)16-13(18)6-10-3-4-11(14)7-12(10)15/h3-4,7-9,17H,5-6H2,1-2H3,(H,16,18). The van der Waals surface area contributed by atoms with Gasteiger partial charge in [-0.2, -0.15) is 0 Å². The molecule has 0 aliphatic carbocycles. The van der Waals surface area contributed by atoms with Gasteiger partial charge >= 0.3 is 0 Å². The van der Waals surface area contributed by atoms with E-state index >= 15 is 0 Å². The van der Waals surface area contributed by atoms with Gasteiger partial charge in [0.1, 0.15) is 11.6 Å². The van der Waals surface area contributed by atoms with Crippen LogP contribution in [-0.4, -0.2) is 23.2 Å². The van der Waals surface area contributed by atoms with Gasteiger partial charge in [0.25, 0.3) is 0 Å². The summed E-state index contributed by atoms with van der Waals surface area (Å²) in [6.45, 7) is 3.38. The lowest BCUT2D eigenvalue weighted by molar-refractivity contribution is -0.121. The summed E-state index contributed by atoms with van der Waals surface area (Å²) in [6, 6.07) is 2.93. The molecule has 0 fully saturated rings. The zero-order valence-electron chi connectivity index (χ0n) is 10.4. The lowest BCUT2D eigenvalue weighted by Gasteiger charge is -2.15. The fourth-order valence-corrected chi connectivity index (χ4v) is 1.73. The maximum atomic E-state index is 13.3. The maximum absolute atomic E-state index is 13.3. The zero-order chi connectivity index (χ0) is 13.7. The average Bonchev–Trinajstić information content (AvgIpc) is 2.20. The molecular formula is C13H17F2NO2. The van der Waals surface area contributed by atoms with Crippen molar-refractivity contribution in [3.05, 3.63) is 35.4 Å². The molecule has 1 rings (SSSR count). The number of carbonyl (C=O) groups is 1. The molecule has 3 nitrogen and oxygen atoms in total. The number of nitrogens with one attached hydrogen (secondary N) is 1. The Morgan fingerprint density at radius 1 is 1.39 bits per heavy atom. The third kappa shape index (κ3) is 4.79. The molecule has 0 saturated carbocycles. The first kappa shape index (κ1) is 14.6. The molecule has 0 bridgehead atoms. The SMILES string of the molecule is CC(O)CC(C)NC(=O)Cc1ccc(F)cc1F. The molecule has 2 unspecified atom stereocenters. The number of halogens is 2. The minimum atomic E-state index is -0.728. The summed E-state index contributed by atoms with van der Waals surface area (Å²) < 4.78 is 26.0. The van der Waals surface area contributed by atoms with Gasteiger partial charge in [-0.25, -0.2) is 8.78 Å². The highest BCUT2D eigenvalue weighted by atomic mass is 19.1. The molecule has 0 aliphatic rings. The van der Waals surface area contributed by atoms with Crippen molar-refractivity contribution in [3.63, 3.8) is 0 Å². The van der Waals surface area contributed by atoms with Gasteiger partial charge in [0.2, 0.25) is 5.91 Å². The first-order valence-electron chi connectivity index (χ1n) is 5.80. The molecule has 0 radical (unpaired) electrons. The summed E-state index contributed by atoms with van der Waals surface area (Å²) in [7, 11) is 0. The van der Waals surface area contributed by atoms with Gasteiger partial charge < -0.3 is 10.4 Å². The van der Waals surface area contributed by atoms with Crippen LogP contribution >= 0.6 is 0 Å². The fourth-order valence-electron chi connectivity index (χ4n) is 1.73. The third-order valence-electron chi connectivity index (χ3n) is 2.47. The Bertz CT molecular complexity index is 421. The van der Waals surface area contributed by atoms with E-state index in [2.05, 4.69) is 5.32 Å². The monoisotopic (exact) mass is 257 g/mol. The molecule has 18 heavy (non-hydrogen) atoms. The van der Waals surface area contributed by atoms with E-state index < -0.39 is 17.7 Å². The predicted octanol–water partition coefficient (Wildman–Crippen LogP) is 1.78. The second kappa shape index (κ2) is 6.44. The number of carbonyl (C=O) groups excluding carboxylic acids is 1. The van der Waals surface area contributed by atoms with E-state index in [1.165, 1.54) is 6.07 Å². The highest BCUT2D eigenvalue weighted by Gasteiger charge is 2.12. The predicted molar refractivity (Wildman–Crippen MR) is 64.0 cm³/mol. The first-order chi connectivity index (χ1) is 8.38. The average molecular weight is 257 g/mol. The first-order valence-corrected chi connectivity index (χ1v) is 5.80. The lowest BCUT2D eigenvalue weighted by atomic mass is 10.1. The van der Waals surface area contributed by atoms with Crippen LogP contribution in [-0.2, 0) is 11.2 Å². The molecule has 0 aliphatic heterocycles. The largest absolute Gasteiger partial charge is 0.393 e. The normalized spacial score (nSPS) is 14.1.